The average molecular weight is 418 g/mol. The van der Waals surface area contributed by atoms with Gasteiger partial charge in [0.1, 0.15) is 19.1 Å². The van der Waals surface area contributed by atoms with Crippen molar-refractivity contribution in [2.75, 3.05) is 71.3 Å². The summed E-state index contributed by atoms with van der Waals surface area (Å²) in [6, 6.07) is 7.92. The Hall–Kier alpha value is -1.67. The van der Waals surface area contributed by atoms with E-state index in [4.69, 9.17) is 28.5 Å². The smallest absolute Gasteiger partial charge is 0.119 e. The van der Waals surface area contributed by atoms with E-state index in [-0.39, 0.29) is 1.43 Å². The molecule has 0 atom stereocenters. The highest BCUT2D eigenvalue weighted by Crippen LogP contribution is 2.15. The van der Waals surface area contributed by atoms with E-state index in [1.807, 2.05) is 44.9 Å². The molecule has 0 unspecified atom stereocenters. The van der Waals surface area contributed by atoms with Crippen LogP contribution in [0.5, 0.6) is 5.75 Å². The molecular formula is C22H43NO6. The lowest BCUT2D eigenvalue weighted by Gasteiger charge is -2.09. The zero-order valence-corrected chi connectivity index (χ0v) is 18.7. The molecule has 7 heteroatoms. The zero-order chi connectivity index (χ0) is 22.0. The molecule has 1 aromatic carbocycles. The van der Waals surface area contributed by atoms with Gasteiger partial charge in [0.05, 0.1) is 46.2 Å². The fourth-order valence-electron chi connectivity index (χ4n) is 2.00. The van der Waals surface area contributed by atoms with Crippen LogP contribution in [0.15, 0.2) is 24.3 Å². The molecule has 172 valence electrons. The maximum absolute atomic E-state index is 8.00. The minimum atomic E-state index is 0. The fraction of sp³-hybridized carbons (Fsp3) is 0.682. The van der Waals surface area contributed by atoms with Crippen molar-refractivity contribution < 1.29 is 29.9 Å². The van der Waals surface area contributed by atoms with Gasteiger partial charge in [-0.15, -0.1) is 0 Å². The molecule has 0 heterocycles. The molecule has 0 saturated carbocycles. The number of carbonyl (C=O) groups is 1. The van der Waals surface area contributed by atoms with Crippen molar-refractivity contribution in [3.63, 3.8) is 0 Å². The third-order valence-corrected chi connectivity index (χ3v) is 3.20. The second-order valence-corrected chi connectivity index (χ2v) is 5.35. The molecule has 0 amide bonds. The Balaban J connectivity index is -0.00000137. The van der Waals surface area contributed by atoms with Crippen molar-refractivity contribution in [1.29, 1.82) is 0 Å². The van der Waals surface area contributed by atoms with E-state index >= 15 is 0 Å². The van der Waals surface area contributed by atoms with Crippen LogP contribution < -0.4 is 10.1 Å². The van der Waals surface area contributed by atoms with E-state index in [9.17, 15) is 0 Å². The highest BCUT2D eigenvalue weighted by Gasteiger charge is 1.96. The summed E-state index contributed by atoms with van der Waals surface area (Å²) < 4.78 is 27.2. The summed E-state index contributed by atoms with van der Waals surface area (Å²) >= 11 is 0. The first kappa shape index (κ1) is 29.5. The first-order valence-electron chi connectivity index (χ1n) is 10.4. The predicted molar refractivity (Wildman–Crippen MR) is 120 cm³/mol. The van der Waals surface area contributed by atoms with Crippen LogP contribution in [-0.2, 0) is 23.7 Å². The molecule has 0 aromatic heterocycles. The van der Waals surface area contributed by atoms with E-state index in [1.165, 1.54) is 0 Å². The van der Waals surface area contributed by atoms with Crippen LogP contribution in [0.2, 0.25) is 0 Å². The van der Waals surface area contributed by atoms with Crippen molar-refractivity contribution in [1.82, 2.24) is 0 Å². The summed E-state index contributed by atoms with van der Waals surface area (Å²) in [7, 11) is 0. The van der Waals surface area contributed by atoms with Gasteiger partial charge in [0, 0.05) is 20.3 Å². The maximum Gasteiger partial charge on any atom is 0.119 e. The van der Waals surface area contributed by atoms with Gasteiger partial charge < -0.3 is 33.8 Å². The van der Waals surface area contributed by atoms with Crippen LogP contribution in [0, 0.1) is 0 Å². The lowest BCUT2D eigenvalue weighted by molar-refractivity contribution is -0.0979. The fourth-order valence-corrected chi connectivity index (χ4v) is 2.00. The average Bonchev–Trinajstić information content (AvgIpc) is 2.78. The zero-order valence-electron chi connectivity index (χ0n) is 18.7. The van der Waals surface area contributed by atoms with Gasteiger partial charge >= 0.3 is 0 Å². The van der Waals surface area contributed by atoms with Gasteiger partial charge in [0.15, 0.2) is 0 Å². The first-order chi connectivity index (χ1) is 14.4. The molecule has 0 saturated heterocycles. The Morgan fingerprint density at radius 3 is 1.55 bits per heavy atom. The second kappa shape index (κ2) is 26.3. The molecule has 0 bridgehead atoms. The highest BCUT2D eigenvalue weighted by atomic mass is 16.6. The Morgan fingerprint density at radius 2 is 1.14 bits per heavy atom. The Morgan fingerprint density at radius 1 is 0.724 bits per heavy atom. The van der Waals surface area contributed by atoms with E-state index in [2.05, 4.69) is 19.2 Å². The van der Waals surface area contributed by atoms with Gasteiger partial charge in [0.25, 0.3) is 0 Å². The summed E-state index contributed by atoms with van der Waals surface area (Å²) in [5, 5.41) is 3.25. The standard InChI is InChI=1S/C19H33NO5.C2H6.CH2O.H2/c1-3-9-21-10-11-22-12-13-23-14-15-24-16-17-25-19-7-5-18(6-8-19)20-4-2;2*1-2;/h5-8,20H,3-4,9-17H2,1-2H3;1-2H3;1H2;1H. The molecule has 1 rings (SSSR count). The largest absolute Gasteiger partial charge is 0.491 e. The number of hydrogen-bond donors (Lipinski definition) is 1. The van der Waals surface area contributed by atoms with Gasteiger partial charge in [-0.2, -0.15) is 0 Å². The number of hydrogen-bond acceptors (Lipinski definition) is 7. The molecule has 0 aliphatic heterocycles. The van der Waals surface area contributed by atoms with Crippen molar-refractivity contribution >= 4 is 12.5 Å². The summed E-state index contributed by atoms with van der Waals surface area (Å²) in [6.45, 7) is 16.5. The Kier molecular flexibility index (Phi) is 26.8. The second-order valence-electron chi connectivity index (χ2n) is 5.35. The molecule has 0 fully saturated rings. The van der Waals surface area contributed by atoms with E-state index in [0.29, 0.717) is 52.9 Å². The quantitative estimate of drug-likeness (QED) is 0.383. The molecule has 0 spiro atoms. The van der Waals surface area contributed by atoms with Gasteiger partial charge in [-0.05, 0) is 37.6 Å². The van der Waals surface area contributed by atoms with Gasteiger partial charge in [-0.1, -0.05) is 20.8 Å². The van der Waals surface area contributed by atoms with E-state index in [0.717, 1.165) is 31.0 Å². The van der Waals surface area contributed by atoms with Crippen molar-refractivity contribution in [3.05, 3.63) is 24.3 Å². The van der Waals surface area contributed by atoms with Gasteiger partial charge in [-0.25, -0.2) is 0 Å². The number of rotatable bonds is 17. The molecule has 1 aromatic rings. The lowest BCUT2D eigenvalue weighted by Crippen LogP contribution is -2.13. The van der Waals surface area contributed by atoms with Crippen molar-refractivity contribution in [2.24, 2.45) is 0 Å². The number of carbonyl (C=O) groups excluding carboxylic acids is 1. The van der Waals surface area contributed by atoms with Gasteiger partial charge in [-0.3, -0.25) is 0 Å². The van der Waals surface area contributed by atoms with E-state index < -0.39 is 0 Å². The molecule has 1 N–H and O–H groups in total. The van der Waals surface area contributed by atoms with Crippen LogP contribution in [-0.4, -0.2) is 72.8 Å². The van der Waals surface area contributed by atoms with E-state index in [1.54, 1.807) is 0 Å². The minimum Gasteiger partial charge on any atom is -0.491 e. The summed E-state index contributed by atoms with van der Waals surface area (Å²) in [5.41, 5.74) is 1.10. The topological polar surface area (TPSA) is 75.3 Å². The van der Waals surface area contributed by atoms with Crippen LogP contribution >= 0.6 is 0 Å². The Labute approximate surface area is 178 Å². The molecule has 0 aliphatic rings. The maximum atomic E-state index is 8.00. The van der Waals surface area contributed by atoms with Crippen LogP contribution in [0.1, 0.15) is 35.5 Å². The third kappa shape index (κ3) is 20.9. The molecule has 7 nitrogen and oxygen atoms in total. The summed E-state index contributed by atoms with van der Waals surface area (Å²) in [4.78, 5) is 8.00. The van der Waals surface area contributed by atoms with Crippen LogP contribution in [0.4, 0.5) is 5.69 Å². The number of nitrogens with one attached hydrogen (secondary N) is 1. The molecule has 29 heavy (non-hydrogen) atoms. The lowest BCUT2D eigenvalue weighted by atomic mass is 10.3. The number of ether oxygens (including phenoxy) is 5. The molecular weight excluding hydrogens is 374 g/mol. The first-order valence-corrected chi connectivity index (χ1v) is 10.4. The summed E-state index contributed by atoms with van der Waals surface area (Å²) in [5.74, 6) is 0.849. The minimum absolute atomic E-state index is 0. The van der Waals surface area contributed by atoms with Crippen LogP contribution in [0.25, 0.3) is 0 Å². The Bertz CT molecular complexity index is 423. The number of benzene rings is 1. The normalized spacial score (nSPS) is 9.66. The monoisotopic (exact) mass is 417 g/mol. The predicted octanol–water partition coefficient (Wildman–Crippen LogP) is 4.06. The SMILES string of the molecule is C=O.CC.CCCOCCOCCOCCOCCOc1ccc(NCC)cc1.[HH]. The number of anilines is 1. The van der Waals surface area contributed by atoms with Gasteiger partial charge in [0.2, 0.25) is 0 Å². The van der Waals surface area contributed by atoms with Crippen molar-refractivity contribution in [2.45, 2.75) is 34.1 Å². The summed E-state index contributed by atoms with van der Waals surface area (Å²) in [6.07, 6.45) is 1.04. The molecule has 0 radical (unpaired) electrons. The molecule has 0 aliphatic carbocycles. The van der Waals surface area contributed by atoms with Crippen molar-refractivity contribution in [3.8, 4) is 5.75 Å². The third-order valence-electron chi connectivity index (χ3n) is 3.20. The highest BCUT2D eigenvalue weighted by molar-refractivity contribution is 5.46. The van der Waals surface area contributed by atoms with Crippen LogP contribution in [0.3, 0.4) is 0 Å².